The molecule has 4 rings (SSSR count). The van der Waals surface area contributed by atoms with Crippen LogP contribution < -0.4 is 9.47 Å². The fraction of sp³-hybridized carbons (Fsp3) is 0.240. The predicted octanol–water partition coefficient (Wildman–Crippen LogP) is 4.91. The van der Waals surface area contributed by atoms with E-state index in [0.29, 0.717) is 34.9 Å². The van der Waals surface area contributed by atoms with Gasteiger partial charge in [0.25, 0.3) is 0 Å². The van der Waals surface area contributed by atoms with Crippen LogP contribution in [0.15, 0.2) is 70.3 Å². The standard InChI is InChI=1S/C25H23N3O4S/c1-4-31-24(29)22-16(2)27-25-28(11-12-33-25)23(22)19-9-10-20(21(13-19)30-3)32-15-18-7-5-17(14-26)6-8-18/h5-13,23H,4,15H2,1-3H3/t23-/m1/s1. The molecule has 1 atom stereocenters. The van der Waals surface area contributed by atoms with Gasteiger partial charge < -0.3 is 19.1 Å². The van der Waals surface area contributed by atoms with Gasteiger partial charge in [0.05, 0.1) is 42.7 Å². The highest BCUT2D eigenvalue weighted by Gasteiger charge is 2.37. The first kappa shape index (κ1) is 22.5. The number of thioether (sulfide) groups is 1. The topological polar surface area (TPSA) is 84.1 Å². The van der Waals surface area contributed by atoms with E-state index in [4.69, 9.17) is 19.5 Å². The van der Waals surface area contributed by atoms with E-state index in [0.717, 1.165) is 16.3 Å². The molecule has 0 radical (unpaired) electrons. The number of methoxy groups -OCH3 is 1. The number of benzene rings is 2. The smallest absolute Gasteiger partial charge is 0.338 e. The average molecular weight is 462 g/mol. The minimum Gasteiger partial charge on any atom is -0.493 e. The van der Waals surface area contributed by atoms with Crippen molar-refractivity contribution >= 4 is 22.9 Å². The molecule has 0 spiro atoms. The SMILES string of the molecule is CCOC(=O)C1=C(C)N=C2SC=CN2[C@@H]1c1ccc(OCc2ccc(C#N)cc2)c(OC)c1. The predicted molar refractivity (Wildman–Crippen MR) is 127 cm³/mol. The van der Waals surface area contributed by atoms with Crippen LogP contribution >= 0.6 is 11.8 Å². The number of carbonyl (C=O) groups is 1. The van der Waals surface area contributed by atoms with Gasteiger partial charge in [-0.3, -0.25) is 0 Å². The highest BCUT2D eigenvalue weighted by atomic mass is 32.2. The quantitative estimate of drug-likeness (QED) is 0.542. The largest absolute Gasteiger partial charge is 0.493 e. The number of aliphatic imine (C=N–C) groups is 1. The summed E-state index contributed by atoms with van der Waals surface area (Å²) < 4.78 is 16.9. The summed E-state index contributed by atoms with van der Waals surface area (Å²) in [6.07, 6.45) is 1.92. The van der Waals surface area contributed by atoms with Crippen molar-refractivity contribution in [1.82, 2.24) is 4.90 Å². The van der Waals surface area contributed by atoms with E-state index < -0.39 is 0 Å². The lowest BCUT2D eigenvalue weighted by atomic mass is 9.94. The van der Waals surface area contributed by atoms with Crippen LogP contribution in [0.2, 0.25) is 0 Å². The molecule has 2 aromatic rings. The normalized spacial score (nSPS) is 16.7. The Bertz CT molecular complexity index is 1200. The van der Waals surface area contributed by atoms with E-state index in [1.807, 2.05) is 53.8 Å². The van der Waals surface area contributed by atoms with Crippen LogP contribution in [0.1, 0.15) is 36.6 Å². The Morgan fingerprint density at radius 3 is 2.70 bits per heavy atom. The lowest BCUT2D eigenvalue weighted by Crippen LogP contribution is -2.34. The Labute approximate surface area is 197 Å². The number of allylic oxidation sites excluding steroid dienone is 1. The lowest BCUT2D eigenvalue weighted by Gasteiger charge is -2.33. The van der Waals surface area contributed by atoms with Crippen molar-refractivity contribution < 1.29 is 19.0 Å². The molecule has 0 bridgehead atoms. The summed E-state index contributed by atoms with van der Waals surface area (Å²) in [6, 6.07) is 14.6. The van der Waals surface area contributed by atoms with Gasteiger partial charge in [0.2, 0.25) is 0 Å². The number of amidine groups is 1. The maximum Gasteiger partial charge on any atom is 0.338 e. The molecule has 2 aliphatic heterocycles. The van der Waals surface area contributed by atoms with Crippen LogP contribution in [0.4, 0.5) is 0 Å². The zero-order valence-corrected chi connectivity index (χ0v) is 19.4. The number of fused-ring (bicyclic) bond motifs is 1. The summed E-state index contributed by atoms with van der Waals surface area (Å²) in [5.74, 6) is 0.759. The third-order valence-electron chi connectivity index (χ3n) is 5.30. The zero-order valence-electron chi connectivity index (χ0n) is 18.6. The van der Waals surface area contributed by atoms with E-state index in [2.05, 4.69) is 11.1 Å². The third-order valence-corrected chi connectivity index (χ3v) is 6.07. The number of carbonyl (C=O) groups excluding carboxylic acids is 1. The number of hydrogen-bond donors (Lipinski definition) is 0. The molecule has 0 saturated heterocycles. The van der Waals surface area contributed by atoms with Gasteiger partial charge in [-0.2, -0.15) is 5.26 Å². The van der Waals surface area contributed by atoms with Crippen molar-refractivity contribution in [2.45, 2.75) is 26.5 Å². The minimum atomic E-state index is -0.385. The van der Waals surface area contributed by atoms with Crippen molar-refractivity contribution in [2.75, 3.05) is 13.7 Å². The molecule has 7 nitrogen and oxygen atoms in total. The summed E-state index contributed by atoms with van der Waals surface area (Å²) in [7, 11) is 1.58. The lowest BCUT2D eigenvalue weighted by molar-refractivity contribution is -0.139. The fourth-order valence-electron chi connectivity index (χ4n) is 3.71. The van der Waals surface area contributed by atoms with Gasteiger partial charge in [-0.25, -0.2) is 9.79 Å². The minimum absolute atomic E-state index is 0.287. The summed E-state index contributed by atoms with van der Waals surface area (Å²) >= 11 is 1.51. The van der Waals surface area contributed by atoms with E-state index in [1.165, 1.54) is 11.8 Å². The molecule has 8 heteroatoms. The number of ether oxygens (including phenoxy) is 3. The van der Waals surface area contributed by atoms with Crippen LogP contribution in [0, 0.1) is 11.3 Å². The van der Waals surface area contributed by atoms with Crippen LogP contribution in [0.3, 0.4) is 0 Å². The second kappa shape index (κ2) is 9.84. The highest BCUT2D eigenvalue weighted by molar-refractivity contribution is 8.16. The molecule has 0 saturated carbocycles. The summed E-state index contributed by atoms with van der Waals surface area (Å²) in [4.78, 5) is 19.4. The van der Waals surface area contributed by atoms with Crippen molar-refractivity contribution in [2.24, 2.45) is 4.99 Å². The first-order valence-corrected chi connectivity index (χ1v) is 11.3. The molecule has 0 fully saturated rings. The number of hydrogen-bond acceptors (Lipinski definition) is 8. The maximum atomic E-state index is 12.8. The average Bonchev–Trinajstić information content (AvgIpc) is 3.30. The molecule has 0 amide bonds. The number of nitrogens with zero attached hydrogens (tertiary/aromatic N) is 3. The summed E-state index contributed by atoms with van der Waals surface area (Å²) in [5.41, 5.74) is 3.54. The first-order valence-electron chi connectivity index (χ1n) is 10.4. The molecular weight excluding hydrogens is 438 g/mol. The highest BCUT2D eigenvalue weighted by Crippen LogP contribution is 2.43. The third kappa shape index (κ3) is 4.59. The number of esters is 1. The molecule has 168 valence electrons. The van der Waals surface area contributed by atoms with Crippen LogP contribution in [-0.2, 0) is 16.1 Å². The van der Waals surface area contributed by atoms with E-state index >= 15 is 0 Å². The first-order chi connectivity index (χ1) is 16.0. The van der Waals surface area contributed by atoms with Gasteiger partial charge in [0.15, 0.2) is 16.7 Å². The molecule has 33 heavy (non-hydrogen) atoms. The number of nitriles is 1. The van der Waals surface area contributed by atoms with Crippen molar-refractivity contribution in [3.05, 3.63) is 82.0 Å². The van der Waals surface area contributed by atoms with Gasteiger partial charge in [0.1, 0.15) is 6.61 Å². The van der Waals surface area contributed by atoms with Crippen molar-refractivity contribution in [3.63, 3.8) is 0 Å². The van der Waals surface area contributed by atoms with Gasteiger partial charge in [0, 0.05) is 6.20 Å². The van der Waals surface area contributed by atoms with E-state index in [1.54, 1.807) is 26.2 Å². The molecule has 2 aliphatic rings. The fourth-order valence-corrected chi connectivity index (χ4v) is 4.50. The maximum absolute atomic E-state index is 12.8. The van der Waals surface area contributed by atoms with Crippen LogP contribution in [-0.4, -0.2) is 29.8 Å². The molecular formula is C25H23N3O4S. The molecule has 0 unspecified atom stereocenters. The van der Waals surface area contributed by atoms with Crippen molar-refractivity contribution in [3.8, 4) is 17.6 Å². The Morgan fingerprint density at radius 1 is 1.21 bits per heavy atom. The van der Waals surface area contributed by atoms with Crippen LogP contribution in [0.5, 0.6) is 11.5 Å². The van der Waals surface area contributed by atoms with Gasteiger partial charge >= 0.3 is 5.97 Å². The second-order valence-corrected chi connectivity index (χ2v) is 8.21. The Balaban J connectivity index is 1.63. The van der Waals surface area contributed by atoms with Crippen LogP contribution in [0.25, 0.3) is 0 Å². The number of rotatable bonds is 7. The van der Waals surface area contributed by atoms with E-state index in [9.17, 15) is 4.79 Å². The Morgan fingerprint density at radius 2 is 2.00 bits per heavy atom. The summed E-state index contributed by atoms with van der Waals surface area (Å²) in [5, 5.41) is 11.7. The molecule has 0 aromatic heterocycles. The molecule has 2 aromatic carbocycles. The monoisotopic (exact) mass is 461 g/mol. The summed E-state index contributed by atoms with van der Waals surface area (Å²) in [6.45, 7) is 4.24. The van der Waals surface area contributed by atoms with Crippen molar-refractivity contribution in [1.29, 1.82) is 5.26 Å². The molecule has 0 N–H and O–H groups in total. The van der Waals surface area contributed by atoms with Gasteiger partial charge in [-0.05, 0) is 54.6 Å². The second-order valence-electron chi connectivity index (χ2n) is 7.33. The van der Waals surface area contributed by atoms with Gasteiger partial charge in [-0.1, -0.05) is 30.0 Å². The van der Waals surface area contributed by atoms with E-state index in [-0.39, 0.29) is 18.6 Å². The Hall–Kier alpha value is -3.70. The van der Waals surface area contributed by atoms with Gasteiger partial charge in [-0.15, -0.1) is 0 Å². The molecule has 0 aliphatic carbocycles. The Kier molecular flexibility index (Phi) is 6.71. The molecule has 2 heterocycles. The zero-order chi connectivity index (χ0) is 23.4.